The van der Waals surface area contributed by atoms with Gasteiger partial charge in [0.2, 0.25) is 0 Å². The lowest BCUT2D eigenvalue weighted by Crippen LogP contribution is -2.37. The predicted molar refractivity (Wildman–Crippen MR) is 122 cm³/mol. The molecule has 0 spiro atoms. The molecule has 2 aromatic rings. The van der Waals surface area contributed by atoms with E-state index >= 15 is 0 Å². The molecule has 0 atom stereocenters. The summed E-state index contributed by atoms with van der Waals surface area (Å²) in [4.78, 5) is 4.59. The molecule has 5 nitrogen and oxygen atoms in total. The lowest BCUT2D eigenvalue weighted by atomic mass is 10.1. The predicted octanol–water partition coefficient (Wildman–Crippen LogP) is 4.44. The Morgan fingerprint density at radius 3 is 2.48 bits per heavy atom. The fraction of sp³-hybridized carbons (Fsp3) is 0.381. The SMILES string of the molecule is CCNC(=NCc1cccc(O)c1)NCc1ccccc1OC(C)(C)C.I. The Balaban J connectivity index is 0.00000364. The number of phenolic OH excluding ortho intramolecular Hbond substituents is 1. The maximum absolute atomic E-state index is 9.56. The summed E-state index contributed by atoms with van der Waals surface area (Å²) >= 11 is 0. The first-order valence-electron chi connectivity index (χ1n) is 8.94. The van der Waals surface area contributed by atoms with Crippen molar-refractivity contribution in [1.29, 1.82) is 0 Å². The fourth-order valence-electron chi connectivity index (χ4n) is 2.43. The highest BCUT2D eigenvalue weighted by Crippen LogP contribution is 2.22. The van der Waals surface area contributed by atoms with Crippen molar-refractivity contribution in [3.8, 4) is 11.5 Å². The van der Waals surface area contributed by atoms with Gasteiger partial charge in [-0.25, -0.2) is 4.99 Å². The monoisotopic (exact) mass is 483 g/mol. The maximum atomic E-state index is 9.56. The highest BCUT2D eigenvalue weighted by atomic mass is 127. The van der Waals surface area contributed by atoms with Crippen LogP contribution < -0.4 is 15.4 Å². The summed E-state index contributed by atoms with van der Waals surface area (Å²) in [6.45, 7) is 10.0. The van der Waals surface area contributed by atoms with Crippen LogP contribution in [0.5, 0.6) is 11.5 Å². The number of phenols is 1. The van der Waals surface area contributed by atoms with Gasteiger partial charge in [0.15, 0.2) is 5.96 Å². The summed E-state index contributed by atoms with van der Waals surface area (Å²) in [5.74, 6) is 1.85. The van der Waals surface area contributed by atoms with Crippen LogP contribution in [-0.4, -0.2) is 23.2 Å². The number of hydrogen-bond donors (Lipinski definition) is 3. The zero-order valence-corrected chi connectivity index (χ0v) is 18.8. The molecule has 0 heterocycles. The van der Waals surface area contributed by atoms with E-state index in [2.05, 4.69) is 15.6 Å². The van der Waals surface area contributed by atoms with E-state index in [0.717, 1.165) is 29.4 Å². The third kappa shape index (κ3) is 8.51. The summed E-state index contributed by atoms with van der Waals surface area (Å²) < 4.78 is 6.04. The highest BCUT2D eigenvalue weighted by molar-refractivity contribution is 14.0. The molecule has 27 heavy (non-hydrogen) atoms. The second kappa shape index (κ2) is 11.0. The number of nitrogens with zero attached hydrogens (tertiary/aromatic N) is 1. The van der Waals surface area contributed by atoms with Gasteiger partial charge in [-0.3, -0.25) is 0 Å². The number of benzene rings is 2. The van der Waals surface area contributed by atoms with Gasteiger partial charge in [0.05, 0.1) is 6.54 Å². The molecule has 0 amide bonds. The summed E-state index contributed by atoms with van der Waals surface area (Å²) in [6, 6.07) is 15.2. The molecule has 0 saturated carbocycles. The average molecular weight is 483 g/mol. The van der Waals surface area contributed by atoms with Crippen LogP contribution in [0.15, 0.2) is 53.5 Å². The molecule has 0 aliphatic heterocycles. The van der Waals surface area contributed by atoms with Crippen molar-refractivity contribution in [2.75, 3.05) is 6.54 Å². The summed E-state index contributed by atoms with van der Waals surface area (Å²) in [6.07, 6.45) is 0. The zero-order chi connectivity index (χ0) is 19.0. The Morgan fingerprint density at radius 1 is 1.07 bits per heavy atom. The van der Waals surface area contributed by atoms with Crippen LogP contribution in [0.2, 0.25) is 0 Å². The molecular formula is C21H30IN3O2. The standard InChI is InChI=1S/C21H29N3O2.HI/c1-5-22-20(23-14-16-9-8-11-18(25)13-16)24-15-17-10-6-7-12-19(17)26-21(2,3)4;/h6-13,25H,5,14-15H2,1-4H3,(H2,22,23,24);1H. The van der Waals surface area contributed by atoms with Crippen LogP contribution in [0.4, 0.5) is 0 Å². The van der Waals surface area contributed by atoms with Gasteiger partial charge < -0.3 is 20.5 Å². The van der Waals surface area contributed by atoms with Gasteiger partial charge in [-0.05, 0) is 51.5 Å². The van der Waals surface area contributed by atoms with Gasteiger partial charge in [0, 0.05) is 18.7 Å². The molecule has 0 radical (unpaired) electrons. The molecule has 2 aromatic carbocycles. The van der Waals surface area contributed by atoms with E-state index in [0.29, 0.717) is 13.1 Å². The smallest absolute Gasteiger partial charge is 0.191 e. The van der Waals surface area contributed by atoms with E-state index in [4.69, 9.17) is 4.74 Å². The third-order valence-electron chi connectivity index (χ3n) is 3.51. The van der Waals surface area contributed by atoms with E-state index in [1.54, 1.807) is 12.1 Å². The van der Waals surface area contributed by atoms with Gasteiger partial charge in [0.25, 0.3) is 0 Å². The van der Waals surface area contributed by atoms with Crippen molar-refractivity contribution >= 4 is 29.9 Å². The molecule has 0 fully saturated rings. The third-order valence-corrected chi connectivity index (χ3v) is 3.51. The Kier molecular flexibility index (Phi) is 9.41. The average Bonchev–Trinajstić information content (AvgIpc) is 2.57. The number of rotatable bonds is 6. The number of ether oxygens (including phenoxy) is 1. The maximum Gasteiger partial charge on any atom is 0.191 e. The molecule has 0 unspecified atom stereocenters. The van der Waals surface area contributed by atoms with Crippen molar-refractivity contribution in [1.82, 2.24) is 10.6 Å². The van der Waals surface area contributed by atoms with Crippen LogP contribution in [0.3, 0.4) is 0 Å². The molecule has 0 bridgehead atoms. The molecule has 3 N–H and O–H groups in total. The number of halogens is 1. The van der Waals surface area contributed by atoms with Crippen LogP contribution in [0.1, 0.15) is 38.8 Å². The van der Waals surface area contributed by atoms with Crippen molar-refractivity contribution in [3.63, 3.8) is 0 Å². The lowest BCUT2D eigenvalue weighted by molar-refractivity contribution is 0.129. The normalized spacial score (nSPS) is 11.5. The minimum absolute atomic E-state index is 0. The van der Waals surface area contributed by atoms with Crippen LogP contribution in [0.25, 0.3) is 0 Å². The van der Waals surface area contributed by atoms with Gasteiger partial charge >= 0.3 is 0 Å². The number of aliphatic imine (C=N–C) groups is 1. The zero-order valence-electron chi connectivity index (χ0n) is 16.5. The lowest BCUT2D eigenvalue weighted by Gasteiger charge is -2.23. The van der Waals surface area contributed by atoms with E-state index in [-0.39, 0.29) is 35.3 Å². The van der Waals surface area contributed by atoms with Crippen LogP contribution in [0, 0.1) is 0 Å². The number of hydrogen-bond acceptors (Lipinski definition) is 3. The minimum Gasteiger partial charge on any atom is -0.508 e. The number of aromatic hydroxyl groups is 1. The van der Waals surface area contributed by atoms with E-state index in [9.17, 15) is 5.11 Å². The van der Waals surface area contributed by atoms with Gasteiger partial charge in [0.1, 0.15) is 17.1 Å². The van der Waals surface area contributed by atoms with Crippen LogP contribution in [-0.2, 0) is 13.1 Å². The van der Waals surface area contributed by atoms with Crippen molar-refractivity contribution < 1.29 is 9.84 Å². The summed E-state index contributed by atoms with van der Waals surface area (Å²) in [7, 11) is 0. The Labute approximate surface area is 179 Å². The van der Waals surface area contributed by atoms with E-state index in [1.807, 2.05) is 64.1 Å². The quantitative estimate of drug-likeness (QED) is 0.323. The number of para-hydroxylation sites is 1. The molecule has 0 aliphatic rings. The van der Waals surface area contributed by atoms with Crippen LogP contribution >= 0.6 is 24.0 Å². The first-order chi connectivity index (χ1) is 12.4. The Morgan fingerprint density at radius 2 is 1.81 bits per heavy atom. The van der Waals surface area contributed by atoms with E-state index < -0.39 is 0 Å². The molecule has 0 aliphatic carbocycles. The molecule has 0 aromatic heterocycles. The minimum atomic E-state index is -0.246. The molecule has 148 valence electrons. The molecule has 0 saturated heterocycles. The van der Waals surface area contributed by atoms with Crippen molar-refractivity contribution in [2.45, 2.75) is 46.4 Å². The Hall–Kier alpha value is -1.96. The Bertz CT molecular complexity index is 742. The van der Waals surface area contributed by atoms with E-state index in [1.165, 1.54) is 0 Å². The second-order valence-electron chi connectivity index (χ2n) is 7.04. The van der Waals surface area contributed by atoms with Crippen molar-refractivity contribution in [3.05, 3.63) is 59.7 Å². The topological polar surface area (TPSA) is 65.9 Å². The van der Waals surface area contributed by atoms with Gasteiger partial charge in [-0.15, -0.1) is 24.0 Å². The first-order valence-corrected chi connectivity index (χ1v) is 8.94. The van der Waals surface area contributed by atoms with Gasteiger partial charge in [-0.1, -0.05) is 30.3 Å². The summed E-state index contributed by atoms with van der Waals surface area (Å²) in [5, 5.41) is 16.1. The van der Waals surface area contributed by atoms with Gasteiger partial charge in [-0.2, -0.15) is 0 Å². The molecule has 6 heteroatoms. The first kappa shape index (κ1) is 23.1. The molecular weight excluding hydrogens is 453 g/mol. The highest BCUT2D eigenvalue weighted by Gasteiger charge is 2.14. The number of guanidine groups is 1. The molecule has 2 rings (SSSR count). The van der Waals surface area contributed by atoms with Crippen molar-refractivity contribution in [2.24, 2.45) is 4.99 Å². The number of nitrogens with one attached hydrogen (secondary N) is 2. The summed E-state index contributed by atoms with van der Waals surface area (Å²) in [5.41, 5.74) is 1.79. The fourth-order valence-corrected chi connectivity index (χ4v) is 2.43. The largest absolute Gasteiger partial charge is 0.508 e. The second-order valence-corrected chi connectivity index (χ2v) is 7.04.